The van der Waals surface area contributed by atoms with E-state index in [-0.39, 0.29) is 17.9 Å². The molecule has 0 aliphatic carbocycles. The van der Waals surface area contributed by atoms with Gasteiger partial charge in [-0.15, -0.1) is 0 Å². The van der Waals surface area contributed by atoms with Crippen LogP contribution >= 0.6 is 0 Å². The van der Waals surface area contributed by atoms with Crippen LogP contribution < -0.4 is 11.1 Å². The van der Waals surface area contributed by atoms with Gasteiger partial charge in [0, 0.05) is 12.0 Å². The zero-order chi connectivity index (χ0) is 11.0. The van der Waals surface area contributed by atoms with Crippen LogP contribution in [-0.4, -0.2) is 18.5 Å². The number of nitrogens with two attached hydrogens (primary N) is 1. The van der Waals surface area contributed by atoms with Gasteiger partial charge < -0.3 is 11.1 Å². The van der Waals surface area contributed by atoms with E-state index in [0.29, 0.717) is 19.4 Å². The summed E-state index contributed by atoms with van der Waals surface area (Å²) in [5.41, 5.74) is 5.36. The Morgan fingerprint density at radius 2 is 2.29 bits per heavy atom. The first kappa shape index (κ1) is 12.9. The first-order valence-electron chi connectivity index (χ1n) is 5.03. The molecule has 0 aromatic heterocycles. The van der Waals surface area contributed by atoms with Gasteiger partial charge >= 0.3 is 0 Å². The van der Waals surface area contributed by atoms with Crippen molar-refractivity contribution in [2.75, 3.05) is 6.54 Å². The Morgan fingerprint density at radius 3 is 2.71 bits per heavy atom. The number of hydrogen-bond donors (Lipinski definition) is 2. The second-order valence-corrected chi connectivity index (χ2v) is 3.45. The lowest BCUT2D eigenvalue weighted by Crippen LogP contribution is -2.38. The molecule has 14 heavy (non-hydrogen) atoms. The number of carbonyl (C=O) groups is 1. The average molecular weight is 197 g/mol. The van der Waals surface area contributed by atoms with Gasteiger partial charge in [0.25, 0.3) is 0 Å². The number of hydrogen-bond acceptors (Lipinski definition) is 3. The summed E-state index contributed by atoms with van der Waals surface area (Å²) in [5.74, 6) is -0.0645. The van der Waals surface area contributed by atoms with Crippen LogP contribution in [0.4, 0.5) is 0 Å². The fourth-order valence-electron chi connectivity index (χ4n) is 1.13. The molecule has 0 aliphatic heterocycles. The van der Waals surface area contributed by atoms with Gasteiger partial charge in [0.2, 0.25) is 5.91 Å². The molecule has 0 heterocycles. The number of amides is 1. The third-order valence-corrected chi connectivity index (χ3v) is 2.22. The molecule has 2 atom stereocenters. The van der Waals surface area contributed by atoms with Gasteiger partial charge in [0.05, 0.1) is 12.5 Å². The van der Waals surface area contributed by atoms with Crippen molar-refractivity contribution in [1.82, 2.24) is 5.32 Å². The van der Waals surface area contributed by atoms with E-state index in [1.807, 2.05) is 13.8 Å². The van der Waals surface area contributed by atoms with Crippen molar-refractivity contribution < 1.29 is 4.79 Å². The van der Waals surface area contributed by atoms with Crippen LogP contribution in [0.25, 0.3) is 0 Å². The van der Waals surface area contributed by atoms with E-state index < -0.39 is 0 Å². The van der Waals surface area contributed by atoms with Crippen molar-refractivity contribution in [1.29, 1.82) is 5.26 Å². The van der Waals surface area contributed by atoms with Crippen molar-refractivity contribution in [2.45, 2.75) is 39.2 Å². The second kappa shape index (κ2) is 7.34. The maximum absolute atomic E-state index is 11.5. The van der Waals surface area contributed by atoms with Crippen LogP contribution in [0.15, 0.2) is 0 Å². The Hall–Kier alpha value is -1.08. The monoisotopic (exact) mass is 197 g/mol. The molecule has 0 radical (unpaired) electrons. The van der Waals surface area contributed by atoms with E-state index in [0.717, 1.165) is 6.42 Å². The molecule has 0 saturated heterocycles. The molecular formula is C10H19N3O. The smallest absolute Gasteiger partial charge is 0.223 e. The molecule has 4 nitrogen and oxygen atoms in total. The third kappa shape index (κ3) is 4.83. The second-order valence-electron chi connectivity index (χ2n) is 3.45. The average Bonchev–Trinajstić information content (AvgIpc) is 2.17. The van der Waals surface area contributed by atoms with Crippen LogP contribution in [0.1, 0.15) is 33.1 Å². The molecule has 0 bridgehead atoms. The highest BCUT2D eigenvalue weighted by atomic mass is 16.1. The lowest BCUT2D eigenvalue weighted by atomic mass is 10.1. The fourth-order valence-corrected chi connectivity index (χ4v) is 1.13. The molecule has 0 aromatic carbocycles. The lowest BCUT2D eigenvalue weighted by molar-refractivity contribution is -0.125. The van der Waals surface area contributed by atoms with Crippen molar-refractivity contribution in [3.05, 3.63) is 0 Å². The van der Waals surface area contributed by atoms with Crippen molar-refractivity contribution in [3.63, 3.8) is 0 Å². The van der Waals surface area contributed by atoms with Crippen molar-refractivity contribution in [2.24, 2.45) is 11.7 Å². The number of nitrogens with zero attached hydrogens (tertiary/aromatic N) is 1. The quantitative estimate of drug-likeness (QED) is 0.660. The van der Waals surface area contributed by atoms with E-state index in [9.17, 15) is 4.79 Å². The number of carbonyl (C=O) groups excluding carboxylic acids is 1. The van der Waals surface area contributed by atoms with Gasteiger partial charge in [-0.3, -0.25) is 4.79 Å². The van der Waals surface area contributed by atoms with E-state index in [4.69, 9.17) is 11.0 Å². The highest BCUT2D eigenvalue weighted by molar-refractivity contribution is 5.78. The van der Waals surface area contributed by atoms with E-state index >= 15 is 0 Å². The van der Waals surface area contributed by atoms with Gasteiger partial charge in [-0.25, -0.2) is 0 Å². The Morgan fingerprint density at radius 1 is 1.64 bits per heavy atom. The highest BCUT2D eigenvalue weighted by Gasteiger charge is 2.15. The molecular weight excluding hydrogens is 178 g/mol. The molecule has 3 N–H and O–H groups in total. The maximum atomic E-state index is 11.5. The highest BCUT2D eigenvalue weighted by Crippen LogP contribution is 2.03. The number of nitriles is 1. The fraction of sp³-hybridized carbons (Fsp3) is 0.800. The zero-order valence-corrected chi connectivity index (χ0v) is 8.92. The molecule has 2 unspecified atom stereocenters. The number of nitrogens with one attached hydrogen (secondary N) is 1. The van der Waals surface area contributed by atoms with Crippen LogP contribution in [-0.2, 0) is 4.79 Å². The molecule has 0 rings (SSSR count). The Bertz CT molecular complexity index is 210. The van der Waals surface area contributed by atoms with Crippen LogP contribution in [0.5, 0.6) is 0 Å². The molecule has 0 fully saturated rings. The summed E-state index contributed by atoms with van der Waals surface area (Å²) >= 11 is 0. The Labute approximate surface area is 85.5 Å². The van der Waals surface area contributed by atoms with Crippen LogP contribution in [0.2, 0.25) is 0 Å². The van der Waals surface area contributed by atoms with E-state index in [1.165, 1.54) is 0 Å². The summed E-state index contributed by atoms with van der Waals surface area (Å²) in [4.78, 5) is 11.5. The predicted molar refractivity (Wildman–Crippen MR) is 55.3 cm³/mol. The van der Waals surface area contributed by atoms with E-state index in [2.05, 4.69) is 11.4 Å². The third-order valence-electron chi connectivity index (χ3n) is 2.22. The van der Waals surface area contributed by atoms with Gasteiger partial charge in [0.15, 0.2) is 0 Å². The van der Waals surface area contributed by atoms with Crippen molar-refractivity contribution >= 4 is 5.91 Å². The predicted octanol–water partition coefficient (Wildman–Crippen LogP) is 0.780. The molecule has 0 aromatic rings. The minimum atomic E-state index is -0.0623. The van der Waals surface area contributed by atoms with Crippen LogP contribution in [0.3, 0.4) is 0 Å². The summed E-state index contributed by atoms with van der Waals surface area (Å²) < 4.78 is 0. The summed E-state index contributed by atoms with van der Waals surface area (Å²) in [6.07, 6.45) is 1.85. The van der Waals surface area contributed by atoms with E-state index in [1.54, 1.807) is 0 Å². The Balaban J connectivity index is 3.96. The summed E-state index contributed by atoms with van der Waals surface area (Å²) in [6.45, 7) is 4.32. The largest absolute Gasteiger partial charge is 0.352 e. The van der Waals surface area contributed by atoms with Gasteiger partial charge in [-0.1, -0.05) is 13.8 Å². The Kier molecular flexibility index (Phi) is 6.77. The molecule has 4 heteroatoms. The van der Waals surface area contributed by atoms with Gasteiger partial charge in [-0.05, 0) is 19.4 Å². The molecule has 0 aliphatic rings. The maximum Gasteiger partial charge on any atom is 0.223 e. The summed E-state index contributed by atoms with van der Waals surface area (Å²) in [7, 11) is 0. The molecule has 0 saturated carbocycles. The SMILES string of the molecule is CCC(CC#N)NC(=O)C(C)CCN. The minimum Gasteiger partial charge on any atom is -0.352 e. The summed E-state index contributed by atoms with van der Waals surface area (Å²) in [6, 6.07) is 2.03. The number of rotatable bonds is 6. The first-order valence-corrected chi connectivity index (χ1v) is 5.03. The summed E-state index contributed by atoms with van der Waals surface area (Å²) in [5, 5.41) is 11.3. The topological polar surface area (TPSA) is 78.9 Å². The lowest BCUT2D eigenvalue weighted by Gasteiger charge is -2.16. The van der Waals surface area contributed by atoms with Crippen molar-refractivity contribution in [3.8, 4) is 6.07 Å². The normalized spacial score (nSPS) is 14.1. The molecule has 1 amide bonds. The molecule has 80 valence electrons. The van der Waals surface area contributed by atoms with Crippen LogP contribution in [0, 0.1) is 17.2 Å². The molecule has 0 spiro atoms. The van der Waals surface area contributed by atoms with Gasteiger partial charge in [0.1, 0.15) is 0 Å². The first-order chi connectivity index (χ1) is 6.65. The standard InChI is InChI=1S/C10H19N3O/c1-3-9(5-7-12)13-10(14)8(2)4-6-11/h8-9H,3-6,11H2,1-2H3,(H,13,14). The van der Waals surface area contributed by atoms with Gasteiger partial charge in [-0.2, -0.15) is 5.26 Å². The zero-order valence-electron chi connectivity index (χ0n) is 8.92. The minimum absolute atomic E-state index is 0.00227.